The summed E-state index contributed by atoms with van der Waals surface area (Å²) >= 11 is 0. The van der Waals surface area contributed by atoms with Gasteiger partial charge in [0.25, 0.3) is 0 Å². The molecule has 2 atom stereocenters. The van der Waals surface area contributed by atoms with Gasteiger partial charge in [-0.2, -0.15) is 4.31 Å². The number of sulfonamides is 1. The summed E-state index contributed by atoms with van der Waals surface area (Å²) in [6, 6.07) is 6.47. The predicted octanol–water partition coefficient (Wildman–Crippen LogP) is 2.51. The number of carbonyl (C=O) groups excluding carboxylic acids is 1. The van der Waals surface area contributed by atoms with Gasteiger partial charge in [-0.1, -0.05) is 26.0 Å². The lowest BCUT2D eigenvalue weighted by molar-refractivity contribution is -0.131. The van der Waals surface area contributed by atoms with Crippen LogP contribution in [0.5, 0.6) is 5.75 Å². The van der Waals surface area contributed by atoms with Gasteiger partial charge in [-0.05, 0) is 30.9 Å². The molecule has 0 unspecified atom stereocenters. The van der Waals surface area contributed by atoms with Gasteiger partial charge in [-0.25, -0.2) is 8.42 Å². The molecule has 8 heteroatoms. The van der Waals surface area contributed by atoms with Crippen molar-refractivity contribution in [2.75, 3.05) is 33.4 Å². The van der Waals surface area contributed by atoms with Crippen LogP contribution in [-0.2, 0) is 19.6 Å². The zero-order chi connectivity index (χ0) is 21.0. The normalized spacial score (nSPS) is 24.2. The van der Waals surface area contributed by atoms with Gasteiger partial charge in [0.15, 0.2) is 0 Å². The number of fused-ring (bicyclic) bond motifs is 2. The molecule has 1 saturated heterocycles. The van der Waals surface area contributed by atoms with Crippen LogP contribution in [0.4, 0.5) is 0 Å². The molecule has 1 amide bonds. The molecule has 162 valence electrons. The van der Waals surface area contributed by atoms with E-state index in [0.29, 0.717) is 50.6 Å². The molecule has 0 N–H and O–H groups in total. The molecule has 0 spiro atoms. The number of hydrogen-bond acceptors (Lipinski definition) is 5. The van der Waals surface area contributed by atoms with E-state index in [-0.39, 0.29) is 29.5 Å². The summed E-state index contributed by atoms with van der Waals surface area (Å²) in [5.74, 6) is 1.01. The van der Waals surface area contributed by atoms with E-state index < -0.39 is 10.0 Å². The number of nitrogens with zero attached hydrogens (tertiary/aromatic N) is 2. The van der Waals surface area contributed by atoms with Crippen LogP contribution in [-0.4, -0.2) is 69.0 Å². The summed E-state index contributed by atoms with van der Waals surface area (Å²) < 4.78 is 39.7. The third kappa shape index (κ3) is 4.92. The third-order valence-electron chi connectivity index (χ3n) is 5.70. The van der Waals surface area contributed by atoms with E-state index >= 15 is 0 Å². The van der Waals surface area contributed by atoms with Gasteiger partial charge >= 0.3 is 0 Å². The molecule has 7 nitrogen and oxygen atoms in total. The highest BCUT2D eigenvalue weighted by Gasteiger charge is 2.43. The van der Waals surface area contributed by atoms with E-state index in [0.717, 1.165) is 6.42 Å². The molecule has 0 bridgehead atoms. The molecule has 0 radical (unpaired) electrons. The van der Waals surface area contributed by atoms with Crippen LogP contribution in [0.2, 0.25) is 0 Å². The highest BCUT2D eigenvalue weighted by molar-refractivity contribution is 7.89. The average molecular weight is 425 g/mol. The minimum absolute atomic E-state index is 0.141. The minimum Gasteiger partial charge on any atom is -0.487 e. The van der Waals surface area contributed by atoms with Gasteiger partial charge in [0.05, 0.1) is 12.6 Å². The molecule has 1 aromatic carbocycles. The maximum atomic E-state index is 13.4. The Morgan fingerprint density at radius 2 is 1.97 bits per heavy atom. The fraction of sp³-hybridized carbons (Fsp3) is 0.667. The number of rotatable bonds is 6. The fourth-order valence-electron chi connectivity index (χ4n) is 4.04. The van der Waals surface area contributed by atoms with E-state index in [4.69, 9.17) is 9.47 Å². The Hall–Kier alpha value is -1.64. The molecule has 1 fully saturated rings. The second-order valence-corrected chi connectivity index (χ2v) is 10.0. The van der Waals surface area contributed by atoms with Gasteiger partial charge in [-0.3, -0.25) is 4.79 Å². The lowest BCUT2D eigenvalue weighted by Crippen LogP contribution is -2.48. The minimum atomic E-state index is -3.71. The van der Waals surface area contributed by atoms with Crippen LogP contribution in [0, 0.1) is 5.92 Å². The van der Waals surface area contributed by atoms with Crippen LogP contribution < -0.4 is 4.74 Å². The van der Waals surface area contributed by atoms with Crippen molar-refractivity contribution in [3.8, 4) is 5.75 Å². The Kier molecular flexibility index (Phi) is 7.19. The summed E-state index contributed by atoms with van der Waals surface area (Å²) in [6.07, 6.45) is 2.25. The molecule has 0 aromatic heterocycles. The van der Waals surface area contributed by atoms with Gasteiger partial charge in [0.2, 0.25) is 15.9 Å². The molecule has 29 heavy (non-hydrogen) atoms. The van der Waals surface area contributed by atoms with E-state index in [1.165, 1.54) is 4.31 Å². The third-order valence-corrected chi connectivity index (χ3v) is 7.66. The smallest absolute Gasteiger partial charge is 0.247 e. The standard InChI is InChI=1S/C21H32N2O5S/c1-16(2)8-9-21(24)22-12-10-17-18(11-13-22)28-19-6-4-5-7-20(19)29(25,26)23(17)14-15-27-3/h4-7,16-18H,8-15H2,1-3H3/t17-,18-/m1/s1. The molecule has 2 aliphatic heterocycles. The van der Waals surface area contributed by atoms with Crippen molar-refractivity contribution < 1.29 is 22.7 Å². The Morgan fingerprint density at radius 1 is 1.24 bits per heavy atom. The second-order valence-electron chi connectivity index (χ2n) is 8.17. The number of benzene rings is 1. The first kappa shape index (κ1) is 22.1. The number of para-hydroxylation sites is 1. The van der Waals surface area contributed by atoms with Crippen molar-refractivity contribution in [2.45, 2.75) is 56.6 Å². The summed E-state index contributed by atoms with van der Waals surface area (Å²) in [5.41, 5.74) is 0. The summed E-state index contributed by atoms with van der Waals surface area (Å²) in [7, 11) is -2.15. The summed E-state index contributed by atoms with van der Waals surface area (Å²) in [4.78, 5) is 14.7. The fourth-order valence-corrected chi connectivity index (χ4v) is 5.83. The molecule has 0 aliphatic carbocycles. The van der Waals surface area contributed by atoms with Crippen molar-refractivity contribution in [1.29, 1.82) is 0 Å². The lowest BCUT2D eigenvalue weighted by Gasteiger charge is -2.31. The lowest BCUT2D eigenvalue weighted by atomic mass is 10.1. The van der Waals surface area contributed by atoms with Crippen LogP contribution in [0.1, 0.15) is 39.5 Å². The van der Waals surface area contributed by atoms with Gasteiger partial charge < -0.3 is 14.4 Å². The Bertz CT molecular complexity index is 811. The van der Waals surface area contributed by atoms with Crippen molar-refractivity contribution in [2.24, 2.45) is 5.92 Å². The number of hydrogen-bond donors (Lipinski definition) is 0. The van der Waals surface area contributed by atoms with Gasteiger partial charge in [0, 0.05) is 39.6 Å². The van der Waals surface area contributed by atoms with E-state index in [1.807, 2.05) is 4.90 Å². The largest absolute Gasteiger partial charge is 0.487 e. The maximum absolute atomic E-state index is 13.4. The number of likely N-dealkylation sites (tertiary alicyclic amines) is 1. The second kappa shape index (κ2) is 9.45. The molecule has 1 aromatic rings. The number of ether oxygens (including phenoxy) is 2. The van der Waals surface area contributed by atoms with Crippen LogP contribution in [0.15, 0.2) is 29.2 Å². The zero-order valence-corrected chi connectivity index (χ0v) is 18.4. The van der Waals surface area contributed by atoms with Crippen molar-refractivity contribution in [3.05, 3.63) is 24.3 Å². The Morgan fingerprint density at radius 3 is 2.69 bits per heavy atom. The van der Waals surface area contributed by atoms with E-state index in [9.17, 15) is 13.2 Å². The van der Waals surface area contributed by atoms with Crippen molar-refractivity contribution in [3.63, 3.8) is 0 Å². The van der Waals surface area contributed by atoms with E-state index in [2.05, 4.69) is 13.8 Å². The first-order valence-corrected chi connectivity index (χ1v) is 11.8. The number of methoxy groups -OCH3 is 1. The highest BCUT2D eigenvalue weighted by Crippen LogP contribution is 2.36. The summed E-state index contributed by atoms with van der Waals surface area (Å²) in [6.45, 7) is 5.91. The van der Waals surface area contributed by atoms with Crippen LogP contribution in [0.25, 0.3) is 0 Å². The van der Waals surface area contributed by atoms with Crippen LogP contribution >= 0.6 is 0 Å². The molecule has 2 heterocycles. The highest BCUT2D eigenvalue weighted by atomic mass is 32.2. The quantitative estimate of drug-likeness (QED) is 0.701. The topological polar surface area (TPSA) is 76.2 Å². The monoisotopic (exact) mass is 424 g/mol. The Labute approximate surface area is 174 Å². The summed E-state index contributed by atoms with van der Waals surface area (Å²) in [5, 5.41) is 0. The number of carbonyl (C=O) groups is 1. The molecule has 0 saturated carbocycles. The number of amides is 1. The first-order chi connectivity index (χ1) is 13.8. The molecule has 2 aliphatic rings. The van der Waals surface area contributed by atoms with Crippen LogP contribution in [0.3, 0.4) is 0 Å². The van der Waals surface area contributed by atoms with Gasteiger partial charge in [-0.15, -0.1) is 0 Å². The molecular formula is C21H32N2O5S. The van der Waals surface area contributed by atoms with Gasteiger partial charge in [0.1, 0.15) is 16.7 Å². The first-order valence-electron chi connectivity index (χ1n) is 10.4. The average Bonchev–Trinajstić information content (AvgIpc) is 2.93. The maximum Gasteiger partial charge on any atom is 0.247 e. The predicted molar refractivity (Wildman–Crippen MR) is 110 cm³/mol. The molecule has 3 rings (SSSR count). The Balaban J connectivity index is 1.86. The molecular weight excluding hydrogens is 392 g/mol. The zero-order valence-electron chi connectivity index (χ0n) is 17.5. The van der Waals surface area contributed by atoms with E-state index in [1.54, 1.807) is 31.4 Å². The SMILES string of the molecule is COCCN1[C@@H]2CCN(C(=O)CCC(C)C)CC[C@H]2Oc2ccccc2S1(=O)=O. The van der Waals surface area contributed by atoms with Crippen molar-refractivity contribution >= 4 is 15.9 Å². The van der Waals surface area contributed by atoms with Crippen molar-refractivity contribution in [1.82, 2.24) is 9.21 Å².